The predicted molar refractivity (Wildman–Crippen MR) is 94.0 cm³/mol. The first-order valence-electron chi connectivity index (χ1n) is 7.93. The van der Waals surface area contributed by atoms with Crippen molar-refractivity contribution in [2.75, 3.05) is 0 Å². The fraction of sp³-hybridized carbons (Fsp3) is 0.353. The normalized spacial score (nSPS) is 23.6. The van der Waals surface area contributed by atoms with Gasteiger partial charge < -0.3 is 16.4 Å². The highest BCUT2D eigenvalue weighted by Crippen LogP contribution is 2.37. The maximum absolute atomic E-state index is 12.3. The molecule has 0 bridgehead atoms. The van der Waals surface area contributed by atoms with Crippen molar-refractivity contribution < 1.29 is 14.4 Å². The summed E-state index contributed by atoms with van der Waals surface area (Å²) in [5.74, 6) is -1.33. The van der Waals surface area contributed by atoms with Gasteiger partial charge in [0.25, 0.3) is 5.91 Å². The predicted octanol–water partition coefficient (Wildman–Crippen LogP) is 2.00. The Kier molecular flexibility index (Phi) is 5.01. The zero-order valence-electron chi connectivity index (χ0n) is 13.3. The SMILES string of the molecule is NC1=C(C(=O)N[C@@H]2CC[C@@H](c3ccc(Cl)c(Cl)c3)C2)NC(=O)CC1=O. The molecule has 1 fully saturated rings. The molecule has 132 valence electrons. The Morgan fingerprint density at radius 1 is 1.20 bits per heavy atom. The highest BCUT2D eigenvalue weighted by molar-refractivity contribution is 6.42. The van der Waals surface area contributed by atoms with Crippen molar-refractivity contribution in [1.82, 2.24) is 10.6 Å². The quantitative estimate of drug-likeness (QED) is 0.696. The minimum absolute atomic E-state index is 0.0683. The van der Waals surface area contributed by atoms with Crippen LogP contribution in [0, 0.1) is 0 Å². The number of hydrogen-bond acceptors (Lipinski definition) is 4. The lowest BCUT2D eigenvalue weighted by Crippen LogP contribution is -2.45. The van der Waals surface area contributed by atoms with E-state index in [1.54, 1.807) is 6.07 Å². The van der Waals surface area contributed by atoms with Gasteiger partial charge in [0.05, 0.1) is 16.5 Å². The molecule has 4 N–H and O–H groups in total. The molecule has 1 saturated carbocycles. The van der Waals surface area contributed by atoms with E-state index in [-0.39, 0.29) is 29.8 Å². The van der Waals surface area contributed by atoms with Gasteiger partial charge in [0.1, 0.15) is 11.4 Å². The van der Waals surface area contributed by atoms with Gasteiger partial charge in [-0.25, -0.2) is 0 Å². The fourth-order valence-electron chi connectivity index (χ4n) is 3.25. The molecule has 0 aromatic heterocycles. The lowest BCUT2D eigenvalue weighted by atomic mass is 9.97. The van der Waals surface area contributed by atoms with E-state index in [1.807, 2.05) is 12.1 Å². The van der Waals surface area contributed by atoms with E-state index in [0.717, 1.165) is 24.8 Å². The van der Waals surface area contributed by atoms with Crippen LogP contribution < -0.4 is 16.4 Å². The minimum Gasteiger partial charge on any atom is -0.394 e. The van der Waals surface area contributed by atoms with Gasteiger partial charge in [-0.2, -0.15) is 0 Å². The van der Waals surface area contributed by atoms with Crippen molar-refractivity contribution in [1.29, 1.82) is 0 Å². The van der Waals surface area contributed by atoms with Crippen LogP contribution in [0.3, 0.4) is 0 Å². The van der Waals surface area contributed by atoms with Crippen LogP contribution >= 0.6 is 23.2 Å². The Labute approximate surface area is 154 Å². The van der Waals surface area contributed by atoms with E-state index in [4.69, 9.17) is 28.9 Å². The molecule has 8 heteroatoms. The van der Waals surface area contributed by atoms with Gasteiger partial charge in [-0.3, -0.25) is 14.4 Å². The van der Waals surface area contributed by atoms with Crippen molar-refractivity contribution >= 4 is 40.8 Å². The number of carbonyl (C=O) groups is 3. The van der Waals surface area contributed by atoms with E-state index in [0.29, 0.717) is 10.0 Å². The first-order chi connectivity index (χ1) is 11.8. The van der Waals surface area contributed by atoms with Crippen LogP contribution in [0.1, 0.15) is 37.2 Å². The standard InChI is InChI=1S/C17H17Cl2N3O3/c18-11-4-2-9(6-12(11)19)8-1-3-10(5-8)21-17(25)16-15(20)13(23)7-14(24)22-16/h2,4,6,8,10H,1,3,5,7,20H2,(H,21,25)(H,22,24)/t8-,10-/m1/s1. The summed E-state index contributed by atoms with van der Waals surface area (Å²) in [5, 5.41) is 6.24. The van der Waals surface area contributed by atoms with E-state index in [2.05, 4.69) is 10.6 Å². The molecule has 2 atom stereocenters. The van der Waals surface area contributed by atoms with Gasteiger partial charge in [-0.15, -0.1) is 0 Å². The monoisotopic (exact) mass is 381 g/mol. The Bertz CT molecular complexity index is 791. The van der Waals surface area contributed by atoms with E-state index >= 15 is 0 Å². The van der Waals surface area contributed by atoms with Crippen LogP contribution in [0.5, 0.6) is 0 Å². The number of allylic oxidation sites excluding steroid dienone is 1. The molecule has 25 heavy (non-hydrogen) atoms. The maximum atomic E-state index is 12.3. The number of rotatable bonds is 3. The van der Waals surface area contributed by atoms with Gasteiger partial charge in [-0.1, -0.05) is 29.3 Å². The third-order valence-electron chi connectivity index (χ3n) is 4.57. The summed E-state index contributed by atoms with van der Waals surface area (Å²) in [6.07, 6.45) is 2.08. The Morgan fingerprint density at radius 2 is 1.96 bits per heavy atom. The third-order valence-corrected chi connectivity index (χ3v) is 5.30. The van der Waals surface area contributed by atoms with Gasteiger partial charge in [-0.05, 0) is 42.9 Å². The average molecular weight is 382 g/mol. The van der Waals surface area contributed by atoms with E-state index in [1.165, 1.54) is 0 Å². The second kappa shape index (κ2) is 7.06. The van der Waals surface area contributed by atoms with Gasteiger partial charge in [0.2, 0.25) is 5.91 Å². The fourth-order valence-corrected chi connectivity index (χ4v) is 3.56. The molecule has 1 aromatic carbocycles. The second-order valence-corrected chi connectivity index (χ2v) is 7.11. The van der Waals surface area contributed by atoms with Crippen molar-refractivity contribution in [3.63, 3.8) is 0 Å². The molecule has 3 rings (SSSR count). The smallest absolute Gasteiger partial charge is 0.270 e. The summed E-state index contributed by atoms with van der Waals surface area (Å²) in [6, 6.07) is 5.48. The zero-order chi connectivity index (χ0) is 18.1. The highest BCUT2D eigenvalue weighted by atomic mass is 35.5. The molecule has 1 aliphatic heterocycles. The van der Waals surface area contributed by atoms with Crippen LogP contribution in [0.2, 0.25) is 10.0 Å². The number of hydrogen-bond donors (Lipinski definition) is 3. The first-order valence-corrected chi connectivity index (χ1v) is 8.69. The topological polar surface area (TPSA) is 101 Å². The third kappa shape index (κ3) is 3.80. The lowest BCUT2D eigenvalue weighted by molar-refractivity contribution is -0.129. The highest BCUT2D eigenvalue weighted by Gasteiger charge is 2.31. The number of amides is 2. The van der Waals surface area contributed by atoms with Gasteiger partial charge >= 0.3 is 0 Å². The number of nitrogens with one attached hydrogen (secondary N) is 2. The summed E-state index contributed by atoms with van der Waals surface area (Å²) in [7, 11) is 0. The van der Waals surface area contributed by atoms with Crippen LogP contribution in [0.4, 0.5) is 0 Å². The molecule has 6 nitrogen and oxygen atoms in total. The molecule has 0 unspecified atom stereocenters. The Balaban J connectivity index is 1.66. The first kappa shape index (κ1) is 17.8. The number of Topliss-reactive ketones (excluding diaryl/α,β-unsaturated/α-hetero) is 1. The minimum atomic E-state index is -0.533. The zero-order valence-corrected chi connectivity index (χ0v) is 14.8. The number of halogens is 2. The largest absolute Gasteiger partial charge is 0.394 e. The van der Waals surface area contributed by atoms with E-state index in [9.17, 15) is 14.4 Å². The molecule has 1 aliphatic carbocycles. The molecular weight excluding hydrogens is 365 g/mol. The van der Waals surface area contributed by atoms with Crippen molar-refractivity contribution in [3.05, 3.63) is 45.2 Å². The molecular formula is C17H17Cl2N3O3. The average Bonchev–Trinajstić information content (AvgIpc) is 3.01. The number of ketones is 1. The van der Waals surface area contributed by atoms with Crippen LogP contribution in [0.25, 0.3) is 0 Å². The van der Waals surface area contributed by atoms with Crippen molar-refractivity contribution in [3.8, 4) is 0 Å². The number of nitrogens with two attached hydrogens (primary N) is 1. The van der Waals surface area contributed by atoms with Crippen LogP contribution in [0.15, 0.2) is 29.6 Å². The summed E-state index contributed by atoms with van der Waals surface area (Å²) < 4.78 is 0. The summed E-state index contributed by atoms with van der Waals surface area (Å²) in [5.41, 5.74) is 6.36. The Morgan fingerprint density at radius 3 is 2.68 bits per heavy atom. The van der Waals surface area contributed by atoms with Crippen LogP contribution in [-0.4, -0.2) is 23.6 Å². The molecule has 2 aliphatic rings. The molecule has 0 radical (unpaired) electrons. The maximum Gasteiger partial charge on any atom is 0.270 e. The number of benzene rings is 1. The number of carbonyl (C=O) groups excluding carboxylic acids is 3. The second-order valence-electron chi connectivity index (χ2n) is 6.29. The molecule has 1 heterocycles. The van der Waals surface area contributed by atoms with E-state index < -0.39 is 17.6 Å². The summed E-state index contributed by atoms with van der Waals surface area (Å²) in [4.78, 5) is 35.4. The van der Waals surface area contributed by atoms with Gasteiger partial charge in [0.15, 0.2) is 5.78 Å². The molecule has 0 saturated heterocycles. The van der Waals surface area contributed by atoms with Crippen molar-refractivity contribution in [2.24, 2.45) is 5.73 Å². The van der Waals surface area contributed by atoms with Crippen molar-refractivity contribution in [2.45, 2.75) is 37.6 Å². The van der Waals surface area contributed by atoms with Gasteiger partial charge in [0, 0.05) is 6.04 Å². The lowest BCUT2D eigenvalue weighted by Gasteiger charge is -2.19. The Hall–Kier alpha value is -2.05. The van der Waals surface area contributed by atoms with Crippen LogP contribution in [-0.2, 0) is 14.4 Å². The molecule has 0 spiro atoms. The summed E-state index contributed by atoms with van der Waals surface area (Å²) >= 11 is 12.0. The molecule has 1 aromatic rings. The molecule has 2 amide bonds. The summed E-state index contributed by atoms with van der Waals surface area (Å²) in [6.45, 7) is 0.